The van der Waals surface area contributed by atoms with Gasteiger partial charge in [-0.2, -0.15) is 11.8 Å². The van der Waals surface area contributed by atoms with Crippen molar-refractivity contribution in [1.29, 1.82) is 0 Å². The van der Waals surface area contributed by atoms with Gasteiger partial charge in [0.2, 0.25) is 0 Å². The van der Waals surface area contributed by atoms with Gasteiger partial charge >= 0.3 is 5.97 Å². The summed E-state index contributed by atoms with van der Waals surface area (Å²) in [6, 6.07) is 6.93. The zero-order valence-corrected chi connectivity index (χ0v) is 9.80. The fourth-order valence-corrected chi connectivity index (χ4v) is 1.83. The number of rotatable bonds is 7. The van der Waals surface area contributed by atoms with E-state index >= 15 is 0 Å². The molecular weight excluding hydrogens is 222 g/mol. The molecule has 0 heterocycles. The summed E-state index contributed by atoms with van der Waals surface area (Å²) >= 11 is 1.76. The second-order valence-corrected chi connectivity index (χ2v) is 4.29. The standard InChI is InChI=1S/C12H15NO2S/c1-2-8-16-9-7-13-11-6-4-3-5-10(11)12(14)15/h2-6,13H,1,7-9H2,(H,14,15). The number of carboxylic acid groups (broad SMARTS) is 1. The molecule has 4 heteroatoms. The quantitative estimate of drug-likeness (QED) is 0.565. The first-order valence-corrected chi connectivity index (χ1v) is 6.16. The molecule has 1 aromatic rings. The van der Waals surface area contributed by atoms with Crippen molar-refractivity contribution in [1.82, 2.24) is 0 Å². The summed E-state index contributed by atoms with van der Waals surface area (Å²) < 4.78 is 0. The van der Waals surface area contributed by atoms with Crippen LogP contribution in [0, 0.1) is 0 Å². The van der Waals surface area contributed by atoms with Crippen molar-refractivity contribution < 1.29 is 9.90 Å². The fourth-order valence-electron chi connectivity index (χ4n) is 1.25. The van der Waals surface area contributed by atoms with E-state index in [9.17, 15) is 4.79 Å². The van der Waals surface area contributed by atoms with Crippen LogP contribution in [0.15, 0.2) is 36.9 Å². The maximum atomic E-state index is 10.9. The molecule has 0 aliphatic rings. The van der Waals surface area contributed by atoms with E-state index in [1.807, 2.05) is 12.1 Å². The average Bonchev–Trinajstić information content (AvgIpc) is 2.29. The Morgan fingerprint density at radius 1 is 1.50 bits per heavy atom. The van der Waals surface area contributed by atoms with Crippen molar-refractivity contribution in [3.05, 3.63) is 42.5 Å². The topological polar surface area (TPSA) is 49.3 Å². The van der Waals surface area contributed by atoms with Gasteiger partial charge in [-0.3, -0.25) is 0 Å². The maximum Gasteiger partial charge on any atom is 0.337 e. The molecule has 1 aromatic carbocycles. The molecule has 0 unspecified atom stereocenters. The molecule has 0 aliphatic heterocycles. The van der Waals surface area contributed by atoms with Crippen LogP contribution in [-0.2, 0) is 0 Å². The highest BCUT2D eigenvalue weighted by Crippen LogP contribution is 2.14. The zero-order chi connectivity index (χ0) is 11.8. The maximum absolute atomic E-state index is 10.9. The van der Waals surface area contributed by atoms with Gasteiger partial charge in [0, 0.05) is 23.7 Å². The minimum Gasteiger partial charge on any atom is -0.478 e. The summed E-state index contributed by atoms with van der Waals surface area (Å²) in [5, 5.41) is 12.1. The lowest BCUT2D eigenvalue weighted by molar-refractivity contribution is 0.0698. The SMILES string of the molecule is C=CCSCCNc1ccccc1C(=O)O. The van der Waals surface area contributed by atoms with E-state index in [-0.39, 0.29) is 0 Å². The third-order valence-corrected chi connectivity index (χ3v) is 2.92. The number of thioether (sulfide) groups is 1. The zero-order valence-electron chi connectivity index (χ0n) is 8.98. The number of hydrogen-bond donors (Lipinski definition) is 2. The Kier molecular flexibility index (Phi) is 5.50. The summed E-state index contributed by atoms with van der Waals surface area (Å²) in [5.41, 5.74) is 0.991. The Morgan fingerprint density at radius 2 is 2.25 bits per heavy atom. The Balaban J connectivity index is 2.47. The van der Waals surface area contributed by atoms with E-state index in [0.717, 1.165) is 18.1 Å². The van der Waals surface area contributed by atoms with Crippen molar-refractivity contribution in [2.75, 3.05) is 23.4 Å². The number of carboxylic acids is 1. The van der Waals surface area contributed by atoms with Crippen LogP contribution < -0.4 is 5.32 Å². The number of carbonyl (C=O) groups is 1. The molecule has 0 spiro atoms. The van der Waals surface area contributed by atoms with Gasteiger partial charge in [-0.05, 0) is 12.1 Å². The number of nitrogens with one attached hydrogen (secondary N) is 1. The minimum absolute atomic E-state index is 0.316. The van der Waals surface area contributed by atoms with Crippen LogP contribution in [0.1, 0.15) is 10.4 Å². The molecule has 3 nitrogen and oxygen atoms in total. The first-order chi connectivity index (χ1) is 7.75. The van der Waals surface area contributed by atoms with Gasteiger partial charge in [-0.15, -0.1) is 6.58 Å². The summed E-state index contributed by atoms with van der Waals surface area (Å²) in [7, 11) is 0. The molecule has 86 valence electrons. The van der Waals surface area contributed by atoms with Gasteiger partial charge < -0.3 is 10.4 Å². The van der Waals surface area contributed by atoms with Crippen LogP contribution in [0.5, 0.6) is 0 Å². The molecule has 0 aliphatic carbocycles. The van der Waals surface area contributed by atoms with Crippen molar-refractivity contribution in [3.63, 3.8) is 0 Å². The number of para-hydroxylation sites is 1. The van der Waals surface area contributed by atoms with Crippen molar-refractivity contribution in [3.8, 4) is 0 Å². The summed E-state index contributed by atoms with van der Waals surface area (Å²) in [6.45, 7) is 4.39. The molecule has 0 fully saturated rings. The highest BCUT2D eigenvalue weighted by Gasteiger charge is 2.07. The van der Waals surface area contributed by atoms with E-state index in [1.54, 1.807) is 30.0 Å². The molecule has 0 saturated heterocycles. The lowest BCUT2D eigenvalue weighted by Crippen LogP contribution is -2.09. The van der Waals surface area contributed by atoms with Gasteiger partial charge in [0.1, 0.15) is 0 Å². The molecule has 0 aromatic heterocycles. The van der Waals surface area contributed by atoms with E-state index in [0.29, 0.717) is 11.3 Å². The largest absolute Gasteiger partial charge is 0.478 e. The lowest BCUT2D eigenvalue weighted by atomic mass is 10.2. The summed E-state index contributed by atoms with van der Waals surface area (Å²) in [5.74, 6) is 0.948. The summed E-state index contributed by atoms with van der Waals surface area (Å²) in [4.78, 5) is 10.9. The lowest BCUT2D eigenvalue weighted by Gasteiger charge is -2.08. The number of hydrogen-bond acceptors (Lipinski definition) is 3. The summed E-state index contributed by atoms with van der Waals surface area (Å²) in [6.07, 6.45) is 1.86. The molecule has 0 saturated carbocycles. The molecule has 0 bridgehead atoms. The van der Waals surface area contributed by atoms with Crippen molar-refractivity contribution >= 4 is 23.4 Å². The average molecular weight is 237 g/mol. The molecule has 0 radical (unpaired) electrons. The molecule has 1 rings (SSSR count). The third kappa shape index (κ3) is 3.98. The van der Waals surface area contributed by atoms with E-state index in [4.69, 9.17) is 5.11 Å². The fraction of sp³-hybridized carbons (Fsp3) is 0.250. The van der Waals surface area contributed by atoms with Crippen LogP contribution in [-0.4, -0.2) is 29.1 Å². The van der Waals surface area contributed by atoms with Crippen molar-refractivity contribution in [2.24, 2.45) is 0 Å². The Morgan fingerprint density at radius 3 is 2.94 bits per heavy atom. The highest BCUT2D eigenvalue weighted by molar-refractivity contribution is 7.99. The smallest absolute Gasteiger partial charge is 0.337 e. The van der Waals surface area contributed by atoms with Gasteiger partial charge in [0.05, 0.1) is 5.56 Å². The van der Waals surface area contributed by atoms with Gasteiger partial charge in [-0.25, -0.2) is 4.79 Å². The van der Waals surface area contributed by atoms with Crippen LogP contribution in [0.4, 0.5) is 5.69 Å². The highest BCUT2D eigenvalue weighted by atomic mass is 32.2. The van der Waals surface area contributed by atoms with E-state index in [1.165, 1.54) is 0 Å². The molecule has 16 heavy (non-hydrogen) atoms. The number of aromatic carboxylic acids is 1. The normalized spacial score (nSPS) is 9.75. The molecular formula is C12H15NO2S. The first-order valence-electron chi connectivity index (χ1n) is 5.00. The van der Waals surface area contributed by atoms with E-state index < -0.39 is 5.97 Å². The van der Waals surface area contributed by atoms with Crippen LogP contribution in [0.25, 0.3) is 0 Å². The van der Waals surface area contributed by atoms with Crippen LogP contribution in [0.3, 0.4) is 0 Å². The Labute approximate surface area is 99.6 Å². The number of anilines is 1. The monoisotopic (exact) mass is 237 g/mol. The third-order valence-electron chi connectivity index (χ3n) is 1.96. The van der Waals surface area contributed by atoms with Gasteiger partial charge in [0.25, 0.3) is 0 Å². The molecule has 0 amide bonds. The first kappa shape index (κ1) is 12.6. The predicted octanol–water partition coefficient (Wildman–Crippen LogP) is 2.72. The van der Waals surface area contributed by atoms with Gasteiger partial charge in [0.15, 0.2) is 0 Å². The second kappa shape index (κ2) is 6.95. The second-order valence-electron chi connectivity index (χ2n) is 3.14. The number of benzene rings is 1. The van der Waals surface area contributed by atoms with Crippen LogP contribution >= 0.6 is 11.8 Å². The minimum atomic E-state index is -0.901. The van der Waals surface area contributed by atoms with Crippen LogP contribution in [0.2, 0.25) is 0 Å². The molecule has 0 atom stereocenters. The Hall–Kier alpha value is -1.42. The Bertz CT molecular complexity index is 366. The molecule has 2 N–H and O–H groups in total. The van der Waals surface area contributed by atoms with Crippen molar-refractivity contribution in [2.45, 2.75) is 0 Å². The van der Waals surface area contributed by atoms with E-state index in [2.05, 4.69) is 11.9 Å². The van der Waals surface area contributed by atoms with Gasteiger partial charge in [-0.1, -0.05) is 18.2 Å². The predicted molar refractivity (Wildman–Crippen MR) is 69.4 cm³/mol.